The quantitative estimate of drug-likeness (QED) is 0.0670. The van der Waals surface area contributed by atoms with E-state index < -0.39 is 7.82 Å². The van der Waals surface area contributed by atoms with Gasteiger partial charge >= 0.3 is 13.9 Å². The Kier molecular flexibility index (Phi) is 22.7. The van der Waals surface area contributed by atoms with Crippen molar-refractivity contribution < 1.29 is 27.8 Å². The molecule has 0 radical (unpaired) electrons. The summed E-state index contributed by atoms with van der Waals surface area (Å²) < 4.78 is 22.8. The molecule has 0 aromatic carbocycles. The topological polar surface area (TPSA) is 79.3 Å². The third-order valence-corrected chi connectivity index (χ3v) is 7.80. The van der Waals surface area contributed by atoms with Crippen LogP contribution < -0.4 is 0 Å². The molecule has 0 saturated heterocycles. The van der Waals surface area contributed by atoms with Crippen molar-refractivity contribution in [2.75, 3.05) is 68.1 Å². The van der Waals surface area contributed by atoms with Crippen molar-refractivity contribution in [3.63, 3.8) is 0 Å². The van der Waals surface area contributed by atoms with Crippen molar-refractivity contribution in [3.8, 4) is 0 Å². The first-order valence-electron chi connectivity index (χ1n) is 15.4. The first-order chi connectivity index (χ1) is 18.0. The number of likely N-dealkylation sites (N-methyl/N-ethyl adjacent to an activating group) is 1. The number of quaternary nitrogens is 1. The molecule has 1 N–H and O–H groups in total. The Morgan fingerprint density at radius 3 is 1.50 bits per heavy atom. The second kappa shape index (κ2) is 23.1. The third kappa shape index (κ3) is 24.4. The van der Waals surface area contributed by atoms with Crippen molar-refractivity contribution in [2.24, 2.45) is 0 Å². The summed E-state index contributed by atoms with van der Waals surface area (Å²) in [6, 6.07) is -0.0302. The van der Waals surface area contributed by atoms with Gasteiger partial charge in [-0.2, -0.15) is 0 Å². The molecule has 0 heterocycles. The zero-order valence-electron chi connectivity index (χ0n) is 25.9. The summed E-state index contributed by atoms with van der Waals surface area (Å²) in [5, 5.41) is 0. The molecule has 0 fully saturated rings. The lowest BCUT2D eigenvalue weighted by molar-refractivity contribution is -0.870. The van der Waals surface area contributed by atoms with Crippen LogP contribution in [-0.2, 0) is 13.6 Å². The molecule has 0 saturated carbocycles. The summed E-state index contributed by atoms with van der Waals surface area (Å²) in [6.07, 6.45) is 21.7. The first-order valence-corrected chi connectivity index (χ1v) is 16.9. The minimum atomic E-state index is -4.06. The van der Waals surface area contributed by atoms with E-state index in [-0.39, 0.29) is 19.2 Å². The van der Waals surface area contributed by atoms with Gasteiger partial charge in [-0.15, -0.1) is 0 Å². The summed E-state index contributed by atoms with van der Waals surface area (Å²) in [6.45, 7) is 4.31. The molecule has 38 heavy (non-hydrogen) atoms. The minimum Gasteiger partial charge on any atom is -0.331 e. The molecule has 228 valence electrons. The molecular formula is C29H63N3O5P+. The van der Waals surface area contributed by atoms with E-state index in [0.717, 1.165) is 12.8 Å². The average molecular weight is 565 g/mol. The average Bonchev–Trinajstić information content (AvgIpc) is 2.83. The van der Waals surface area contributed by atoms with Crippen LogP contribution in [0.5, 0.6) is 0 Å². The number of phosphoric ester groups is 1. The van der Waals surface area contributed by atoms with Gasteiger partial charge in [0.05, 0.1) is 27.7 Å². The molecule has 0 aliphatic rings. The fourth-order valence-electron chi connectivity index (χ4n) is 4.34. The first kappa shape index (κ1) is 37.3. The number of carbonyl (C=O) groups is 1. The number of rotatable bonds is 26. The number of hydrogen-bond acceptors (Lipinski definition) is 4. The van der Waals surface area contributed by atoms with Crippen molar-refractivity contribution in [3.05, 3.63) is 0 Å². The van der Waals surface area contributed by atoms with Crippen LogP contribution in [0.1, 0.15) is 116 Å². The third-order valence-electron chi connectivity index (χ3n) is 6.78. The van der Waals surface area contributed by atoms with Crippen LogP contribution in [0.15, 0.2) is 0 Å². The largest absolute Gasteiger partial charge is 0.472 e. The molecule has 0 rings (SSSR count). The van der Waals surface area contributed by atoms with Gasteiger partial charge in [-0.05, 0) is 12.8 Å². The number of phosphoric acid groups is 1. The smallest absolute Gasteiger partial charge is 0.331 e. The fraction of sp³-hybridized carbons (Fsp3) is 0.966. The van der Waals surface area contributed by atoms with Gasteiger partial charge in [-0.3, -0.25) is 9.05 Å². The van der Waals surface area contributed by atoms with Crippen molar-refractivity contribution in [2.45, 2.75) is 116 Å². The highest BCUT2D eigenvalue weighted by Crippen LogP contribution is 2.43. The van der Waals surface area contributed by atoms with Gasteiger partial charge in [0.15, 0.2) is 0 Å². The van der Waals surface area contributed by atoms with Gasteiger partial charge in [0.1, 0.15) is 13.2 Å². The molecule has 0 aromatic heterocycles. The molecule has 2 amide bonds. The van der Waals surface area contributed by atoms with E-state index in [9.17, 15) is 14.3 Å². The SMILES string of the molecule is CCCCCCCCCCCCCCCCCCN(CCCOP(=O)(O)OCC[N+](C)(C)C)C(=O)N(C)C. The second-order valence-corrected chi connectivity index (χ2v) is 13.4. The molecule has 0 spiro atoms. The Morgan fingerprint density at radius 1 is 0.684 bits per heavy atom. The zero-order valence-corrected chi connectivity index (χ0v) is 26.8. The number of hydrogen-bond donors (Lipinski definition) is 1. The molecule has 1 atom stereocenters. The maximum absolute atomic E-state index is 12.5. The fourth-order valence-corrected chi connectivity index (χ4v) is 5.09. The number of carbonyl (C=O) groups excluding carboxylic acids is 1. The summed E-state index contributed by atoms with van der Waals surface area (Å²) in [7, 11) is 5.41. The van der Waals surface area contributed by atoms with E-state index in [1.54, 1.807) is 19.0 Å². The van der Waals surface area contributed by atoms with Crippen LogP contribution in [0, 0.1) is 0 Å². The normalized spacial score (nSPS) is 13.4. The maximum Gasteiger partial charge on any atom is 0.472 e. The zero-order chi connectivity index (χ0) is 28.7. The second-order valence-electron chi connectivity index (χ2n) is 12.0. The summed E-state index contributed by atoms with van der Waals surface area (Å²) >= 11 is 0. The van der Waals surface area contributed by atoms with Crippen LogP contribution in [0.25, 0.3) is 0 Å². The Labute approximate surface area is 235 Å². The number of unbranched alkanes of at least 4 members (excludes halogenated alkanes) is 15. The van der Waals surface area contributed by atoms with Crippen molar-refractivity contribution >= 4 is 13.9 Å². The van der Waals surface area contributed by atoms with E-state index in [1.807, 2.05) is 26.0 Å². The highest BCUT2D eigenvalue weighted by Gasteiger charge is 2.23. The predicted octanol–water partition coefficient (Wildman–Crippen LogP) is 7.46. The van der Waals surface area contributed by atoms with Crippen LogP contribution in [0.3, 0.4) is 0 Å². The summed E-state index contributed by atoms with van der Waals surface area (Å²) in [5.41, 5.74) is 0. The van der Waals surface area contributed by atoms with Crippen molar-refractivity contribution in [1.29, 1.82) is 0 Å². The van der Waals surface area contributed by atoms with Gasteiger partial charge in [-0.1, -0.05) is 103 Å². The number of urea groups is 1. The van der Waals surface area contributed by atoms with E-state index in [1.165, 1.54) is 89.9 Å². The molecule has 1 unspecified atom stereocenters. The highest BCUT2D eigenvalue weighted by molar-refractivity contribution is 7.47. The van der Waals surface area contributed by atoms with Crippen LogP contribution in [0.2, 0.25) is 0 Å². The van der Waals surface area contributed by atoms with E-state index >= 15 is 0 Å². The highest BCUT2D eigenvalue weighted by atomic mass is 31.2. The van der Waals surface area contributed by atoms with Gasteiger partial charge in [0.2, 0.25) is 0 Å². The molecule has 0 bridgehead atoms. The predicted molar refractivity (Wildman–Crippen MR) is 159 cm³/mol. The summed E-state index contributed by atoms with van der Waals surface area (Å²) in [5.74, 6) is 0. The molecule has 0 aliphatic heterocycles. The lowest BCUT2D eigenvalue weighted by atomic mass is 10.0. The molecular weight excluding hydrogens is 501 g/mol. The Balaban J connectivity index is 3.88. The monoisotopic (exact) mass is 564 g/mol. The number of amides is 2. The van der Waals surface area contributed by atoms with Gasteiger partial charge in [0.25, 0.3) is 0 Å². The lowest BCUT2D eigenvalue weighted by Crippen LogP contribution is -2.40. The molecule has 8 nitrogen and oxygen atoms in total. The van der Waals surface area contributed by atoms with E-state index in [4.69, 9.17) is 9.05 Å². The summed E-state index contributed by atoms with van der Waals surface area (Å²) in [4.78, 5) is 25.8. The standard InChI is InChI=1S/C29H62N3O5P/c1-7-8-9-10-11-12-13-14-15-16-17-18-19-20-21-22-24-31(29(33)30(2)3)25-23-27-36-38(34,35)37-28-26-32(4,5)6/h7-28H2,1-6H3/p+1. The van der Waals surface area contributed by atoms with Gasteiger partial charge < -0.3 is 19.2 Å². The molecule has 9 heteroatoms. The van der Waals surface area contributed by atoms with Crippen molar-refractivity contribution in [1.82, 2.24) is 9.80 Å². The Bertz CT molecular complexity index is 614. The maximum atomic E-state index is 12.5. The Hall–Kier alpha value is -0.660. The number of nitrogens with zero attached hydrogens (tertiary/aromatic N) is 3. The van der Waals surface area contributed by atoms with Crippen LogP contribution >= 0.6 is 7.82 Å². The Morgan fingerprint density at radius 2 is 1.08 bits per heavy atom. The van der Waals surface area contributed by atoms with Gasteiger partial charge in [0, 0.05) is 27.2 Å². The van der Waals surface area contributed by atoms with E-state index in [2.05, 4.69) is 6.92 Å². The van der Waals surface area contributed by atoms with Crippen LogP contribution in [0.4, 0.5) is 4.79 Å². The molecule has 0 aliphatic carbocycles. The van der Waals surface area contributed by atoms with Gasteiger partial charge in [-0.25, -0.2) is 9.36 Å². The molecule has 0 aromatic rings. The lowest BCUT2D eigenvalue weighted by Gasteiger charge is -2.26. The van der Waals surface area contributed by atoms with E-state index in [0.29, 0.717) is 30.5 Å². The minimum absolute atomic E-state index is 0.0302. The van der Waals surface area contributed by atoms with Crippen LogP contribution in [-0.4, -0.2) is 93.3 Å².